The average Bonchev–Trinajstić information content (AvgIpc) is 3.33. The number of nitrogens with zero attached hydrogens (tertiary/aromatic N) is 2. The maximum absolute atomic E-state index is 2.47. The first-order valence-electron chi connectivity index (χ1n) is 13.7. The fraction of sp³-hybridized carbons (Fsp3) is 0.0811. The molecule has 0 fully saturated rings. The lowest BCUT2D eigenvalue weighted by atomic mass is 9.96. The van der Waals surface area contributed by atoms with Crippen LogP contribution in [-0.2, 0) is 0 Å². The summed E-state index contributed by atoms with van der Waals surface area (Å²) in [5.74, 6) is 0. The molecule has 0 radical (unpaired) electrons. The molecule has 0 saturated heterocycles. The molecular formula is C37H30N2. The van der Waals surface area contributed by atoms with Crippen molar-refractivity contribution in [1.82, 2.24) is 4.57 Å². The molecule has 6 aromatic rings. The van der Waals surface area contributed by atoms with Gasteiger partial charge in [-0.25, -0.2) is 0 Å². The summed E-state index contributed by atoms with van der Waals surface area (Å²) in [6.45, 7) is 2.18. The van der Waals surface area contributed by atoms with Gasteiger partial charge in [0, 0.05) is 33.5 Å². The van der Waals surface area contributed by atoms with E-state index in [-0.39, 0.29) is 0 Å². The fourth-order valence-corrected chi connectivity index (χ4v) is 5.93. The van der Waals surface area contributed by atoms with Crippen LogP contribution in [0.4, 0.5) is 17.1 Å². The lowest BCUT2D eigenvalue weighted by molar-refractivity contribution is 0.992. The molecule has 0 spiro atoms. The fourth-order valence-electron chi connectivity index (χ4n) is 5.93. The molecule has 2 heteroatoms. The summed E-state index contributed by atoms with van der Waals surface area (Å²) < 4.78 is 2.47. The third-order valence-electron chi connectivity index (χ3n) is 7.84. The number of rotatable bonds is 5. The molecule has 0 saturated carbocycles. The minimum atomic E-state index is 1.01. The van der Waals surface area contributed by atoms with E-state index < -0.39 is 0 Å². The number of fused-ring (bicyclic) bond motifs is 3. The monoisotopic (exact) mass is 502 g/mol. The summed E-state index contributed by atoms with van der Waals surface area (Å²) in [5.41, 5.74) is 11.3. The summed E-state index contributed by atoms with van der Waals surface area (Å²) in [5, 5.41) is 2.56. The average molecular weight is 503 g/mol. The van der Waals surface area contributed by atoms with Gasteiger partial charge < -0.3 is 9.47 Å². The Morgan fingerprint density at radius 3 is 2.03 bits per heavy atom. The molecule has 1 aliphatic carbocycles. The van der Waals surface area contributed by atoms with Crippen molar-refractivity contribution in [2.45, 2.75) is 19.8 Å². The van der Waals surface area contributed by atoms with Crippen LogP contribution in [0.3, 0.4) is 0 Å². The van der Waals surface area contributed by atoms with Gasteiger partial charge in [-0.05, 0) is 85.0 Å². The highest BCUT2D eigenvalue weighted by Crippen LogP contribution is 2.41. The number of hydrogen-bond acceptors (Lipinski definition) is 1. The molecule has 5 aromatic carbocycles. The van der Waals surface area contributed by atoms with Gasteiger partial charge in [0.25, 0.3) is 0 Å². The van der Waals surface area contributed by atoms with Gasteiger partial charge in [-0.3, -0.25) is 0 Å². The molecule has 0 amide bonds. The van der Waals surface area contributed by atoms with Crippen LogP contribution < -0.4 is 4.90 Å². The van der Waals surface area contributed by atoms with Gasteiger partial charge in [-0.1, -0.05) is 91.0 Å². The molecule has 39 heavy (non-hydrogen) atoms. The van der Waals surface area contributed by atoms with Gasteiger partial charge in [0.1, 0.15) is 0 Å². The van der Waals surface area contributed by atoms with Crippen molar-refractivity contribution in [3.8, 4) is 0 Å². The smallest absolute Gasteiger partial charge is 0.0539 e. The highest BCUT2D eigenvalue weighted by molar-refractivity contribution is 6.11. The Bertz CT molecular complexity index is 1860. The van der Waals surface area contributed by atoms with Crippen LogP contribution in [-0.4, -0.2) is 4.57 Å². The van der Waals surface area contributed by atoms with Crippen LogP contribution in [0.25, 0.3) is 33.1 Å². The summed E-state index contributed by atoms with van der Waals surface area (Å²) in [4.78, 5) is 2.37. The quantitative estimate of drug-likeness (QED) is 0.228. The van der Waals surface area contributed by atoms with Gasteiger partial charge in [0.05, 0.1) is 11.0 Å². The van der Waals surface area contributed by atoms with Crippen LogP contribution in [0, 0.1) is 6.92 Å². The Kier molecular flexibility index (Phi) is 5.86. The van der Waals surface area contributed by atoms with Gasteiger partial charge in [0.15, 0.2) is 0 Å². The Labute approximate surface area is 229 Å². The van der Waals surface area contributed by atoms with E-state index in [1.807, 2.05) is 0 Å². The molecular weight excluding hydrogens is 472 g/mol. The second-order valence-corrected chi connectivity index (χ2v) is 10.2. The van der Waals surface area contributed by atoms with Crippen molar-refractivity contribution in [2.24, 2.45) is 0 Å². The first kappa shape index (κ1) is 23.3. The molecule has 1 aromatic heterocycles. The van der Waals surface area contributed by atoms with Crippen LogP contribution in [0.1, 0.15) is 24.0 Å². The minimum absolute atomic E-state index is 1.01. The molecule has 0 aliphatic heterocycles. The molecule has 0 atom stereocenters. The van der Waals surface area contributed by atoms with Gasteiger partial charge in [-0.15, -0.1) is 0 Å². The predicted octanol–water partition coefficient (Wildman–Crippen LogP) is 10.3. The van der Waals surface area contributed by atoms with Gasteiger partial charge in [0.2, 0.25) is 0 Å². The van der Waals surface area contributed by atoms with Crippen LogP contribution in [0.2, 0.25) is 0 Å². The van der Waals surface area contributed by atoms with E-state index in [0.29, 0.717) is 0 Å². The Morgan fingerprint density at radius 2 is 1.26 bits per heavy atom. The van der Waals surface area contributed by atoms with E-state index in [2.05, 4.69) is 156 Å². The van der Waals surface area contributed by atoms with E-state index in [1.54, 1.807) is 0 Å². The number of hydrogen-bond donors (Lipinski definition) is 0. The standard InChI is InChI=1S/C37H30N2/c1-27-12-8-10-18-35(27)38(30-15-6-3-7-16-30)32-24-25-37-34(26-32)33-17-9-11-19-36(33)39(37)31-22-20-29(21-23-31)28-13-4-2-5-14-28/h2-20,22,24-26H,21,23H2,1H3. The SMILES string of the molecule is Cc1ccccc1N(c1ccccc1)c1ccc2c(c1)c1ccccc1n2C1=CC=C(c2ccccc2)CC1. The zero-order chi connectivity index (χ0) is 26.2. The van der Waals surface area contributed by atoms with Crippen LogP contribution in [0.15, 0.2) is 140 Å². The maximum atomic E-state index is 2.47. The molecule has 2 nitrogen and oxygen atoms in total. The third kappa shape index (κ3) is 4.15. The Hall–Kier alpha value is -4.82. The summed E-state index contributed by atoms with van der Waals surface area (Å²) in [6, 6.07) is 45.8. The van der Waals surface area contributed by atoms with E-state index in [4.69, 9.17) is 0 Å². The molecule has 1 aliphatic rings. The van der Waals surface area contributed by atoms with Crippen molar-refractivity contribution in [3.05, 3.63) is 151 Å². The Balaban J connectivity index is 1.40. The maximum Gasteiger partial charge on any atom is 0.0539 e. The van der Waals surface area contributed by atoms with E-state index in [1.165, 1.54) is 49.9 Å². The zero-order valence-corrected chi connectivity index (χ0v) is 22.1. The highest BCUT2D eigenvalue weighted by atomic mass is 15.1. The van der Waals surface area contributed by atoms with Crippen molar-refractivity contribution in [2.75, 3.05) is 4.90 Å². The van der Waals surface area contributed by atoms with Gasteiger partial charge >= 0.3 is 0 Å². The molecule has 0 N–H and O–H groups in total. The largest absolute Gasteiger partial charge is 0.313 e. The van der Waals surface area contributed by atoms with Gasteiger partial charge in [-0.2, -0.15) is 0 Å². The first-order chi connectivity index (χ1) is 19.3. The number of aryl methyl sites for hydroxylation is 1. The predicted molar refractivity (Wildman–Crippen MR) is 167 cm³/mol. The number of benzene rings is 5. The van der Waals surface area contributed by atoms with Crippen molar-refractivity contribution >= 4 is 50.1 Å². The van der Waals surface area contributed by atoms with Crippen molar-refractivity contribution in [1.29, 1.82) is 0 Å². The summed E-state index contributed by atoms with van der Waals surface area (Å²) in [7, 11) is 0. The summed E-state index contributed by atoms with van der Waals surface area (Å²) >= 11 is 0. The highest BCUT2D eigenvalue weighted by Gasteiger charge is 2.19. The third-order valence-corrected chi connectivity index (χ3v) is 7.84. The molecule has 1 heterocycles. The normalized spacial score (nSPS) is 13.4. The van der Waals surface area contributed by atoms with Crippen LogP contribution in [0.5, 0.6) is 0 Å². The van der Waals surface area contributed by atoms with Crippen molar-refractivity contribution in [3.63, 3.8) is 0 Å². The first-order valence-corrected chi connectivity index (χ1v) is 13.7. The second kappa shape index (κ2) is 9.81. The number of aromatic nitrogens is 1. The molecule has 0 bridgehead atoms. The molecule has 7 rings (SSSR count). The number of anilines is 3. The number of allylic oxidation sites excluding steroid dienone is 4. The second-order valence-electron chi connectivity index (χ2n) is 10.2. The molecule has 0 unspecified atom stereocenters. The lowest BCUT2D eigenvalue weighted by Gasteiger charge is -2.27. The topological polar surface area (TPSA) is 8.17 Å². The summed E-state index contributed by atoms with van der Waals surface area (Å²) in [6.07, 6.45) is 6.67. The Morgan fingerprint density at radius 1 is 0.564 bits per heavy atom. The van der Waals surface area contributed by atoms with E-state index in [9.17, 15) is 0 Å². The zero-order valence-electron chi connectivity index (χ0n) is 22.1. The minimum Gasteiger partial charge on any atom is -0.313 e. The molecule has 188 valence electrons. The van der Waals surface area contributed by atoms with Crippen molar-refractivity contribution < 1.29 is 0 Å². The number of para-hydroxylation sites is 3. The van der Waals surface area contributed by atoms with Crippen LogP contribution >= 0.6 is 0 Å². The van der Waals surface area contributed by atoms with E-state index >= 15 is 0 Å². The van der Waals surface area contributed by atoms with E-state index in [0.717, 1.165) is 24.2 Å². The lowest BCUT2D eigenvalue weighted by Crippen LogP contribution is -2.11.